The molecule has 0 saturated heterocycles. The van der Waals surface area contributed by atoms with Gasteiger partial charge in [0, 0.05) is 23.1 Å². The lowest BCUT2D eigenvalue weighted by Crippen LogP contribution is -2.04. The van der Waals surface area contributed by atoms with Gasteiger partial charge in [-0.15, -0.1) is 0 Å². The molecule has 10 nitrogen and oxygen atoms in total. The van der Waals surface area contributed by atoms with Crippen LogP contribution in [0.3, 0.4) is 0 Å². The minimum absolute atomic E-state index is 0.0262. The normalized spacial score (nSPS) is 10.8. The molecule has 3 aromatic rings. The molecule has 0 N–H and O–H groups in total. The van der Waals surface area contributed by atoms with E-state index in [0.717, 1.165) is 35.9 Å². The average molecular weight is 696 g/mol. The largest absolute Gasteiger partial charge is 0.494 e. The summed E-state index contributed by atoms with van der Waals surface area (Å²) < 4.78 is 26.6. The molecule has 3 aromatic carbocycles. The van der Waals surface area contributed by atoms with E-state index < -0.39 is 23.0 Å². The fraction of sp³-hybridized carbons (Fsp3) is 0.205. The van der Waals surface area contributed by atoms with E-state index in [9.17, 15) is 24.4 Å². The van der Waals surface area contributed by atoms with Gasteiger partial charge in [0.15, 0.2) is 0 Å². The number of esters is 3. The summed E-state index contributed by atoms with van der Waals surface area (Å²) in [4.78, 5) is 47.8. The highest BCUT2D eigenvalue weighted by Crippen LogP contribution is 2.26. The van der Waals surface area contributed by atoms with Gasteiger partial charge in [-0.05, 0) is 109 Å². The number of rotatable bonds is 20. The van der Waals surface area contributed by atoms with Crippen LogP contribution in [0.5, 0.6) is 17.2 Å². The smallest absolute Gasteiger partial charge is 0.336 e. The average Bonchev–Trinajstić information content (AvgIpc) is 3.14. The minimum atomic E-state index is -0.573. The van der Waals surface area contributed by atoms with E-state index in [4.69, 9.17) is 23.7 Å². The van der Waals surface area contributed by atoms with Gasteiger partial charge in [0.2, 0.25) is 5.12 Å². The van der Waals surface area contributed by atoms with E-state index in [-0.39, 0.29) is 5.57 Å². The predicted molar refractivity (Wildman–Crippen MR) is 190 cm³/mol. The summed E-state index contributed by atoms with van der Waals surface area (Å²) in [6.45, 7) is 8.22. The molecule has 0 aliphatic rings. The third-order valence-corrected chi connectivity index (χ3v) is 7.43. The fourth-order valence-electron chi connectivity index (χ4n) is 3.94. The molecule has 0 spiro atoms. The number of benzene rings is 3. The lowest BCUT2D eigenvalue weighted by molar-refractivity contribution is -0.138. The molecule has 258 valence electrons. The highest BCUT2D eigenvalue weighted by Gasteiger charge is 2.12. The van der Waals surface area contributed by atoms with E-state index in [1.54, 1.807) is 78.9 Å². The van der Waals surface area contributed by atoms with Crippen LogP contribution in [-0.4, -0.2) is 49.5 Å². The zero-order chi connectivity index (χ0) is 36.0. The van der Waals surface area contributed by atoms with E-state index in [2.05, 4.69) is 13.2 Å². The van der Waals surface area contributed by atoms with E-state index in [1.165, 1.54) is 12.2 Å². The van der Waals surface area contributed by atoms with Crippen molar-refractivity contribution < 1.29 is 42.9 Å². The fourth-order valence-corrected chi connectivity index (χ4v) is 4.64. The first-order valence-corrected chi connectivity index (χ1v) is 16.5. The Labute approximate surface area is 295 Å². The topological polar surface area (TPSA) is 138 Å². The SMILES string of the molecule is C=CC(=O)OCCCCOc1ccc(/C=C/C(=O)Oc2ccc(SC(=O)/C(C#N)=C/c3ccc(OCCCCOC(=O)C=C)cc3)cc2)cc1. The molecule has 0 aromatic heterocycles. The van der Waals surface area contributed by atoms with E-state index >= 15 is 0 Å². The Hall–Kier alpha value is -5.86. The van der Waals surface area contributed by atoms with Crippen molar-refractivity contribution in [3.05, 3.63) is 121 Å². The molecule has 50 heavy (non-hydrogen) atoms. The summed E-state index contributed by atoms with van der Waals surface area (Å²) >= 11 is 0.889. The van der Waals surface area contributed by atoms with Crippen LogP contribution in [0.1, 0.15) is 36.8 Å². The third-order valence-electron chi connectivity index (χ3n) is 6.51. The predicted octanol–water partition coefficient (Wildman–Crippen LogP) is 7.31. The van der Waals surface area contributed by atoms with Gasteiger partial charge in [0.1, 0.15) is 28.9 Å². The van der Waals surface area contributed by atoms with Gasteiger partial charge in [0.05, 0.1) is 26.4 Å². The minimum Gasteiger partial charge on any atom is -0.494 e. The van der Waals surface area contributed by atoms with Gasteiger partial charge in [-0.1, -0.05) is 37.4 Å². The molecule has 0 amide bonds. The standard InChI is InChI=1S/C39H37NO9S/c1-3-36(41)47-25-7-5-23-45-32-14-9-29(10-15-32)13-22-38(43)49-34-18-20-35(21-19-34)50-39(44)31(28-40)27-30-11-16-33(17-12-30)46-24-6-8-26-48-37(42)4-2/h3-4,9-22,27H,1-2,5-8,23-26H2/b22-13+,31-27+. The maximum atomic E-state index is 12.8. The van der Waals surface area contributed by atoms with Crippen LogP contribution in [0.2, 0.25) is 0 Å². The summed E-state index contributed by atoms with van der Waals surface area (Å²) in [5, 5.41) is 9.17. The lowest BCUT2D eigenvalue weighted by atomic mass is 10.1. The Bertz CT molecular complexity index is 1700. The van der Waals surface area contributed by atoms with Gasteiger partial charge in [-0.25, -0.2) is 14.4 Å². The molecule has 0 fully saturated rings. The number of nitrogens with zero attached hydrogens (tertiary/aromatic N) is 1. The number of unbranched alkanes of at least 4 members (excludes halogenated alkanes) is 2. The monoisotopic (exact) mass is 695 g/mol. The van der Waals surface area contributed by atoms with Crippen LogP contribution in [0.4, 0.5) is 0 Å². The van der Waals surface area contributed by atoms with Crippen molar-refractivity contribution in [1.82, 2.24) is 0 Å². The van der Waals surface area contributed by atoms with E-state index in [1.807, 2.05) is 6.07 Å². The molecular weight excluding hydrogens is 658 g/mol. The van der Waals surface area contributed by atoms with Crippen LogP contribution >= 0.6 is 11.8 Å². The van der Waals surface area contributed by atoms with Crippen LogP contribution in [0.25, 0.3) is 12.2 Å². The maximum Gasteiger partial charge on any atom is 0.336 e. The Morgan fingerprint density at radius 2 is 1.12 bits per heavy atom. The van der Waals surface area contributed by atoms with Gasteiger partial charge < -0.3 is 23.7 Å². The molecular formula is C39H37NO9S. The number of nitriles is 1. The first kappa shape index (κ1) is 38.6. The molecule has 0 bridgehead atoms. The Kier molecular flexibility index (Phi) is 16.9. The highest BCUT2D eigenvalue weighted by molar-refractivity contribution is 8.14. The Morgan fingerprint density at radius 1 is 0.640 bits per heavy atom. The summed E-state index contributed by atoms with van der Waals surface area (Å²) in [5.41, 5.74) is 1.41. The first-order valence-electron chi connectivity index (χ1n) is 15.7. The van der Waals surface area contributed by atoms with E-state index in [0.29, 0.717) is 73.4 Å². The first-order chi connectivity index (χ1) is 24.3. The molecule has 0 saturated carbocycles. The summed E-state index contributed by atoms with van der Waals surface area (Å²) in [7, 11) is 0. The second-order valence-corrected chi connectivity index (χ2v) is 11.3. The van der Waals surface area contributed by atoms with Crippen molar-refractivity contribution in [3.8, 4) is 23.3 Å². The molecule has 3 rings (SSSR count). The van der Waals surface area contributed by atoms with Crippen LogP contribution in [0, 0.1) is 11.3 Å². The molecule has 0 radical (unpaired) electrons. The number of carbonyl (C=O) groups is 4. The number of ether oxygens (including phenoxy) is 5. The van der Waals surface area contributed by atoms with Gasteiger partial charge in [-0.3, -0.25) is 4.79 Å². The number of hydrogen-bond acceptors (Lipinski definition) is 11. The molecule has 0 heterocycles. The second kappa shape index (κ2) is 21.9. The molecule has 0 unspecified atom stereocenters. The number of thioether (sulfide) groups is 1. The number of hydrogen-bond donors (Lipinski definition) is 0. The van der Waals surface area contributed by atoms with Crippen LogP contribution in [0.15, 0.2) is 115 Å². The van der Waals surface area contributed by atoms with Crippen molar-refractivity contribution in [2.45, 2.75) is 30.6 Å². The van der Waals surface area contributed by atoms with Crippen molar-refractivity contribution in [1.29, 1.82) is 5.26 Å². The van der Waals surface area contributed by atoms with Crippen molar-refractivity contribution in [3.63, 3.8) is 0 Å². The summed E-state index contributed by atoms with van der Waals surface area (Å²) in [6, 6.07) is 22.5. The molecule has 0 atom stereocenters. The van der Waals surface area contributed by atoms with Crippen LogP contribution in [-0.2, 0) is 28.7 Å². The Morgan fingerprint density at radius 3 is 1.62 bits per heavy atom. The number of carbonyl (C=O) groups excluding carboxylic acids is 4. The van der Waals surface area contributed by atoms with Gasteiger partial charge >= 0.3 is 17.9 Å². The molecule has 11 heteroatoms. The highest BCUT2D eigenvalue weighted by atomic mass is 32.2. The third kappa shape index (κ3) is 14.9. The summed E-state index contributed by atoms with van der Waals surface area (Å²) in [6.07, 6.45) is 9.44. The molecule has 0 aliphatic heterocycles. The zero-order valence-corrected chi connectivity index (χ0v) is 28.2. The lowest BCUT2D eigenvalue weighted by Gasteiger charge is -2.07. The zero-order valence-electron chi connectivity index (χ0n) is 27.4. The maximum absolute atomic E-state index is 12.8. The van der Waals surface area contributed by atoms with Crippen molar-refractivity contribution in [2.75, 3.05) is 26.4 Å². The quantitative estimate of drug-likeness (QED) is 0.0294. The second-order valence-electron chi connectivity index (χ2n) is 10.3. The Balaban J connectivity index is 1.40. The summed E-state index contributed by atoms with van der Waals surface area (Å²) in [5.74, 6) is 0.148. The van der Waals surface area contributed by atoms with Gasteiger partial charge in [0.25, 0.3) is 0 Å². The van der Waals surface area contributed by atoms with Crippen molar-refractivity contribution >= 4 is 46.9 Å². The molecule has 0 aliphatic carbocycles. The van der Waals surface area contributed by atoms with Gasteiger partial charge in [-0.2, -0.15) is 5.26 Å². The van der Waals surface area contributed by atoms with Crippen molar-refractivity contribution in [2.24, 2.45) is 0 Å². The van der Waals surface area contributed by atoms with Crippen LogP contribution < -0.4 is 14.2 Å².